The highest BCUT2D eigenvalue weighted by molar-refractivity contribution is 6.31. The number of amides is 1. The molecule has 138 valence electrons. The second kappa shape index (κ2) is 8.05. The van der Waals surface area contributed by atoms with Crippen molar-refractivity contribution >= 4 is 34.6 Å². The van der Waals surface area contributed by atoms with Crippen molar-refractivity contribution in [2.24, 2.45) is 0 Å². The van der Waals surface area contributed by atoms with Gasteiger partial charge in [0.25, 0.3) is 5.91 Å². The molecule has 2 N–H and O–H groups in total. The van der Waals surface area contributed by atoms with E-state index in [1.807, 2.05) is 6.92 Å². The van der Waals surface area contributed by atoms with Crippen molar-refractivity contribution in [3.8, 4) is 5.75 Å². The minimum Gasteiger partial charge on any atom is -0.495 e. The number of aryl methyl sites for hydroxylation is 1. The number of hydrogen-bond acceptors (Lipinski definition) is 4. The Morgan fingerprint density at radius 3 is 2.67 bits per heavy atom. The number of benzene rings is 2. The lowest BCUT2D eigenvalue weighted by atomic mass is 10.2. The Morgan fingerprint density at radius 1 is 1.15 bits per heavy atom. The number of rotatable bonds is 5. The third-order valence-corrected chi connectivity index (χ3v) is 4.29. The third kappa shape index (κ3) is 4.35. The van der Waals surface area contributed by atoms with Crippen LogP contribution in [0.25, 0.3) is 0 Å². The summed E-state index contributed by atoms with van der Waals surface area (Å²) in [4.78, 5) is 16.7. The Labute approximate surface area is 161 Å². The molecule has 0 aliphatic carbocycles. The molecule has 0 atom stereocenters. The average molecular weight is 386 g/mol. The number of anilines is 3. The van der Waals surface area contributed by atoms with E-state index in [0.717, 1.165) is 5.56 Å². The van der Waals surface area contributed by atoms with Gasteiger partial charge in [0.2, 0.25) is 0 Å². The quantitative estimate of drug-likeness (QED) is 0.634. The van der Waals surface area contributed by atoms with E-state index in [2.05, 4.69) is 15.6 Å². The number of halogens is 2. The van der Waals surface area contributed by atoms with Gasteiger partial charge in [-0.3, -0.25) is 9.78 Å². The van der Waals surface area contributed by atoms with Crippen molar-refractivity contribution in [1.29, 1.82) is 0 Å². The lowest BCUT2D eigenvalue weighted by Gasteiger charge is -2.13. The Bertz CT molecular complexity index is 995. The fourth-order valence-corrected chi connectivity index (χ4v) is 2.63. The van der Waals surface area contributed by atoms with Gasteiger partial charge in [0, 0.05) is 17.3 Å². The maximum atomic E-state index is 13.8. The van der Waals surface area contributed by atoms with Gasteiger partial charge in [0.15, 0.2) is 0 Å². The summed E-state index contributed by atoms with van der Waals surface area (Å²) in [7, 11) is 1.50. The number of para-hydroxylation sites is 1. The van der Waals surface area contributed by atoms with Crippen LogP contribution in [0.4, 0.5) is 21.5 Å². The molecular formula is C20H17ClFN3O2. The van der Waals surface area contributed by atoms with E-state index >= 15 is 0 Å². The highest BCUT2D eigenvalue weighted by Gasteiger charge is 2.13. The highest BCUT2D eigenvalue weighted by Crippen LogP contribution is 2.31. The van der Waals surface area contributed by atoms with Crippen LogP contribution >= 0.6 is 11.6 Å². The summed E-state index contributed by atoms with van der Waals surface area (Å²) in [5.41, 5.74) is 2.41. The summed E-state index contributed by atoms with van der Waals surface area (Å²) >= 11 is 6.09. The minimum absolute atomic E-state index is 0.298. The Balaban J connectivity index is 1.82. The topological polar surface area (TPSA) is 63.2 Å². The van der Waals surface area contributed by atoms with Crippen LogP contribution in [0.1, 0.15) is 15.9 Å². The first-order valence-corrected chi connectivity index (χ1v) is 8.48. The predicted molar refractivity (Wildman–Crippen MR) is 105 cm³/mol. The van der Waals surface area contributed by atoms with Gasteiger partial charge in [-0.25, -0.2) is 4.39 Å². The SMILES string of the molecule is COc1cc(Cl)c(C)cc1NC(=O)c1cncc(Nc2ccccc2F)c1. The molecule has 0 unspecified atom stereocenters. The molecule has 3 rings (SSSR count). The molecule has 1 amide bonds. The highest BCUT2D eigenvalue weighted by atomic mass is 35.5. The number of ether oxygens (including phenoxy) is 1. The predicted octanol–water partition coefficient (Wildman–Crippen LogP) is 5.19. The molecule has 0 fully saturated rings. The monoisotopic (exact) mass is 385 g/mol. The van der Waals surface area contributed by atoms with Crippen molar-refractivity contribution in [3.05, 3.63) is 76.8 Å². The Hall–Kier alpha value is -3.12. The van der Waals surface area contributed by atoms with Crippen LogP contribution in [-0.2, 0) is 0 Å². The van der Waals surface area contributed by atoms with Crippen molar-refractivity contribution in [2.45, 2.75) is 6.92 Å². The summed E-state index contributed by atoms with van der Waals surface area (Å²) in [6.07, 6.45) is 2.94. The first-order chi connectivity index (χ1) is 13.0. The molecule has 7 heteroatoms. The van der Waals surface area contributed by atoms with Crippen molar-refractivity contribution in [3.63, 3.8) is 0 Å². The summed E-state index contributed by atoms with van der Waals surface area (Å²) in [5, 5.41) is 6.24. The lowest BCUT2D eigenvalue weighted by Crippen LogP contribution is -2.13. The van der Waals surface area contributed by atoms with E-state index in [0.29, 0.717) is 33.4 Å². The molecule has 27 heavy (non-hydrogen) atoms. The van der Waals surface area contributed by atoms with Crippen LogP contribution in [0.15, 0.2) is 54.9 Å². The zero-order valence-corrected chi connectivity index (χ0v) is 15.5. The molecule has 0 saturated carbocycles. The smallest absolute Gasteiger partial charge is 0.257 e. The number of aromatic nitrogens is 1. The van der Waals surface area contributed by atoms with Gasteiger partial charge in [-0.15, -0.1) is 0 Å². The second-order valence-electron chi connectivity index (χ2n) is 5.82. The number of carbonyl (C=O) groups is 1. The number of hydrogen-bond donors (Lipinski definition) is 2. The first kappa shape index (κ1) is 18.7. The maximum Gasteiger partial charge on any atom is 0.257 e. The van der Waals surface area contributed by atoms with Gasteiger partial charge < -0.3 is 15.4 Å². The van der Waals surface area contributed by atoms with E-state index in [9.17, 15) is 9.18 Å². The van der Waals surface area contributed by atoms with Gasteiger partial charge in [0.1, 0.15) is 11.6 Å². The van der Waals surface area contributed by atoms with E-state index in [1.165, 1.54) is 25.6 Å². The van der Waals surface area contributed by atoms with Crippen LogP contribution in [0.2, 0.25) is 5.02 Å². The van der Waals surface area contributed by atoms with Gasteiger partial charge in [0.05, 0.1) is 35.9 Å². The van der Waals surface area contributed by atoms with Crippen molar-refractivity contribution in [2.75, 3.05) is 17.7 Å². The molecule has 0 bridgehead atoms. The minimum atomic E-state index is -0.395. The zero-order valence-electron chi connectivity index (χ0n) is 14.7. The molecule has 1 aromatic heterocycles. The maximum absolute atomic E-state index is 13.8. The zero-order chi connectivity index (χ0) is 19.4. The summed E-state index contributed by atoms with van der Waals surface area (Å²) in [6, 6.07) is 11.2. The van der Waals surface area contributed by atoms with Gasteiger partial charge >= 0.3 is 0 Å². The normalized spacial score (nSPS) is 10.4. The fourth-order valence-electron chi connectivity index (χ4n) is 2.47. The molecule has 3 aromatic rings. The standard InChI is InChI=1S/C20H17ClFN3O2/c1-12-7-18(19(27-2)9-15(12)21)25-20(26)13-8-14(11-23-10-13)24-17-6-4-3-5-16(17)22/h3-11,24H,1-2H3,(H,25,26). The summed E-state index contributed by atoms with van der Waals surface area (Å²) < 4.78 is 19.1. The number of pyridine rings is 1. The number of carbonyl (C=O) groups excluding carboxylic acids is 1. The van der Waals surface area contributed by atoms with E-state index < -0.39 is 5.82 Å². The van der Waals surface area contributed by atoms with Crippen LogP contribution < -0.4 is 15.4 Å². The van der Waals surface area contributed by atoms with Crippen molar-refractivity contribution in [1.82, 2.24) is 4.98 Å². The molecule has 0 aliphatic heterocycles. The first-order valence-electron chi connectivity index (χ1n) is 8.10. The molecule has 0 saturated heterocycles. The van der Waals surface area contributed by atoms with Crippen LogP contribution in [0, 0.1) is 12.7 Å². The number of methoxy groups -OCH3 is 1. The van der Waals surface area contributed by atoms with E-state index in [4.69, 9.17) is 16.3 Å². The molecule has 1 heterocycles. The largest absolute Gasteiger partial charge is 0.495 e. The third-order valence-electron chi connectivity index (χ3n) is 3.88. The summed E-state index contributed by atoms with van der Waals surface area (Å²) in [6.45, 7) is 1.83. The molecule has 0 radical (unpaired) electrons. The van der Waals surface area contributed by atoms with Crippen LogP contribution in [-0.4, -0.2) is 18.0 Å². The number of nitrogens with one attached hydrogen (secondary N) is 2. The average Bonchev–Trinajstić information content (AvgIpc) is 2.66. The Morgan fingerprint density at radius 2 is 1.93 bits per heavy atom. The van der Waals surface area contributed by atoms with Gasteiger partial charge in [-0.05, 0) is 36.8 Å². The molecular weight excluding hydrogens is 369 g/mol. The lowest BCUT2D eigenvalue weighted by molar-refractivity contribution is 0.102. The molecule has 5 nitrogen and oxygen atoms in total. The second-order valence-corrected chi connectivity index (χ2v) is 6.23. The van der Waals surface area contributed by atoms with Gasteiger partial charge in [-0.2, -0.15) is 0 Å². The van der Waals surface area contributed by atoms with E-state index in [1.54, 1.807) is 36.4 Å². The van der Waals surface area contributed by atoms with Crippen LogP contribution in [0.5, 0.6) is 5.75 Å². The summed E-state index contributed by atoms with van der Waals surface area (Å²) in [5.74, 6) is -0.319. The Kier molecular flexibility index (Phi) is 5.57. The molecule has 2 aromatic carbocycles. The number of nitrogens with zero attached hydrogens (tertiary/aromatic N) is 1. The van der Waals surface area contributed by atoms with E-state index in [-0.39, 0.29) is 5.91 Å². The molecule has 0 aliphatic rings. The van der Waals surface area contributed by atoms with Crippen LogP contribution in [0.3, 0.4) is 0 Å². The van der Waals surface area contributed by atoms with Crippen molar-refractivity contribution < 1.29 is 13.9 Å². The van der Waals surface area contributed by atoms with Gasteiger partial charge in [-0.1, -0.05) is 23.7 Å². The molecule has 0 spiro atoms. The fraction of sp³-hybridized carbons (Fsp3) is 0.100.